The van der Waals surface area contributed by atoms with Gasteiger partial charge < -0.3 is 4.90 Å². The number of halogens is 1. The average Bonchev–Trinajstić information content (AvgIpc) is 3.07. The molecule has 148 valence electrons. The van der Waals surface area contributed by atoms with Crippen molar-refractivity contribution in [3.63, 3.8) is 0 Å². The first-order valence-electron chi connectivity index (χ1n) is 9.59. The first-order valence-corrected chi connectivity index (χ1v) is 9.97. The Bertz CT molecular complexity index is 992. The van der Waals surface area contributed by atoms with Crippen LogP contribution in [0.1, 0.15) is 48.7 Å². The van der Waals surface area contributed by atoms with E-state index in [2.05, 4.69) is 25.9 Å². The van der Waals surface area contributed by atoms with Crippen molar-refractivity contribution < 1.29 is 4.79 Å². The summed E-state index contributed by atoms with van der Waals surface area (Å²) in [7, 11) is 1.84. The molecule has 0 bridgehead atoms. The Balaban J connectivity index is 1.72. The monoisotopic (exact) mass is 398 g/mol. The maximum Gasteiger partial charge on any atom is 0.222 e. The van der Waals surface area contributed by atoms with Crippen molar-refractivity contribution in [2.24, 2.45) is 0 Å². The Morgan fingerprint density at radius 3 is 2.54 bits per heavy atom. The molecule has 0 N–H and O–H groups in total. The van der Waals surface area contributed by atoms with E-state index in [-0.39, 0.29) is 11.9 Å². The van der Waals surface area contributed by atoms with E-state index in [4.69, 9.17) is 16.6 Å². The van der Waals surface area contributed by atoms with E-state index in [0.717, 1.165) is 27.9 Å². The van der Waals surface area contributed by atoms with Crippen LogP contribution in [-0.4, -0.2) is 32.6 Å². The van der Waals surface area contributed by atoms with E-state index in [0.29, 0.717) is 24.4 Å². The number of aromatic nitrogens is 3. The largest absolute Gasteiger partial charge is 0.341 e. The fourth-order valence-electron chi connectivity index (χ4n) is 3.51. The molecule has 0 aliphatic carbocycles. The molecule has 0 atom stereocenters. The molecule has 6 heteroatoms. The zero-order valence-electron chi connectivity index (χ0n) is 17.2. The summed E-state index contributed by atoms with van der Waals surface area (Å²) in [6, 6.07) is 7.85. The highest BCUT2D eigenvalue weighted by atomic mass is 35.5. The van der Waals surface area contributed by atoms with Gasteiger partial charge in [-0.2, -0.15) is 5.10 Å². The second-order valence-corrected chi connectivity index (χ2v) is 8.03. The normalized spacial score (nSPS) is 11.4. The number of pyridine rings is 1. The van der Waals surface area contributed by atoms with Crippen molar-refractivity contribution in [1.82, 2.24) is 19.7 Å². The Kier molecular flexibility index (Phi) is 6.04. The summed E-state index contributed by atoms with van der Waals surface area (Å²) in [6.07, 6.45) is 3.02. The molecule has 28 heavy (non-hydrogen) atoms. The van der Waals surface area contributed by atoms with Crippen LogP contribution < -0.4 is 0 Å². The van der Waals surface area contributed by atoms with Gasteiger partial charge >= 0.3 is 0 Å². The summed E-state index contributed by atoms with van der Waals surface area (Å²) >= 11 is 5.93. The predicted octanol–water partition coefficient (Wildman–Crippen LogP) is 4.87. The van der Waals surface area contributed by atoms with E-state index in [1.54, 1.807) is 4.90 Å². The lowest BCUT2D eigenvalue weighted by molar-refractivity contribution is -0.130. The number of rotatable bonds is 6. The molecular formula is C22H27ClN4O. The third-order valence-electron chi connectivity index (χ3n) is 5.17. The molecule has 0 unspecified atom stereocenters. The van der Waals surface area contributed by atoms with Crippen molar-refractivity contribution in [1.29, 1.82) is 0 Å². The zero-order valence-corrected chi connectivity index (χ0v) is 17.9. The number of benzene rings is 1. The summed E-state index contributed by atoms with van der Waals surface area (Å²) in [6.45, 7) is 8.89. The maximum atomic E-state index is 12.6. The number of nitrogens with zero attached hydrogens (tertiary/aromatic N) is 4. The third kappa shape index (κ3) is 4.20. The lowest BCUT2D eigenvalue weighted by Gasteiger charge is -2.18. The van der Waals surface area contributed by atoms with Gasteiger partial charge in [-0.3, -0.25) is 4.79 Å². The van der Waals surface area contributed by atoms with Crippen LogP contribution in [0.5, 0.6) is 0 Å². The van der Waals surface area contributed by atoms with Crippen molar-refractivity contribution in [3.8, 4) is 0 Å². The van der Waals surface area contributed by atoms with Gasteiger partial charge in [-0.1, -0.05) is 23.7 Å². The van der Waals surface area contributed by atoms with Gasteiger partial charge in [0.05, 0.1) is 6.20 Å². The quantitative estimate of drug-likeness (QED) is 0.595. The Labute approximate surface area is 171 Å². The molecule has 0 saturated heterocycles. The predicted molar refractivity (Wildman–Crippen MR) is 114 cm³/mol. The lowest BCUT2D eigenvalue weighted by Crippen LogP contribution is -2.26. The van der Waals surface area contributed by atoms with Crippen LogP contribution in [0.4, 0.5) is 0 Å². The summed E-state index contributed by atoms with van der Waals surface area (Å²) in [4.78, 5) is 19.2. The number of carbonyl (C=O) groups is 1. The number of hydrogen-bond donors (Lipinski definition) is 0. The summed E-state index contributed by atoms with van der Waals surface area (Å²) in [5.74, 6) is 0.117. The molecule has 5 nitrogen and oxygen atoms in total. The highest BCUT2D eigenvalue weighted by Crippen LogP contribution is 2.25. The molecule has 0 radical (unpaired) electrons. The minimum Gasteiger partial charge on any atom is -0.341 e. The SMILES string of the molecule is Cc1nc2c(cnn2C(C)C)c(C)c1CCC(=O)N(C)Cc1ccc(Cl)cc1. The second-order valence-electron chi connectivity index (χ2n) is 7.60. The highest BCUT2D eigenvalue weighted by molar-refractivity contribution is 6.30. The van der Waals surface area contributed by atoms with Gasteiger partial charge in [0.15, 0.2) is 5.65 Å². The van der Waals surface area contributed by atoms with E-state index in [1.165, 1.54) is 5.56 Å². The van der Waals surface area contributed by atoms with Gasteiger partial charge in [-0.15, -0.1) is 0 Å². The minimum atomic E-state index is 0.117. The molecule has 1 aromatic carbocycles. The van der Waals surface area contributed by atoms with Crippen LogP contribution in [0.2, 0.25) is 5.02 Å². The molecule has 2 heterocycles. The Hall–Kier alpha value is -2.40. The smallest absolute Gasteiger partial charge is 0.222 e. The number of carbonyl (C=O) groups excluding carboxylic acids is 1. The first-order chi connectivity index (χ1) is 13.3. The molecule has 1 amide bonds. The summed E-state index contributed by atoms with van der Waals surface area (Å²) < 4.78 is 1.95. The Morgan fingerprint density at radius 2 is 1.89 bits per heavy atom. The second kappa shape index (κ2) is 8.31. The van der Waals surface area contributed by atoms with Crippen LogP contribution in [0.15, 0.2) is 30.5 Å². The van der Waals surface area contributed by atoms with Crippen molar-refractivity contribution >= 4 is 28.5 Å². The molecule has 0 spiro atoms. The number of aryl methyl sites for hydroxylation is 2. The number of fused-ring (bicyclic) bond motifs is 1. The zero-order chi connectivity index (χ0) is 20.4. The van der Waals surface area contributed by atoms with Crippen molar-refractivity contribution in [2.75, 3.05) is 7.05 Å². The van der Waals surface area contributed by atoms with E-state index >= 15 is 0 Å². The molecular weight excluding hydrogens is 372 g/mol. The average molecular weight is 399 g/mol. The lowest BCUT2D eigenvalue weighted by atomic mass is 10.00. The third-order valence-corrected chi connectivity index (χ3v) is 5.42. The van der Waals surface area contributed by atoms with Crippen LogP contribution in [0, 0.1) is 13.8 Å². The van der Waals surface area contributed by atoms with Gasteiger partial charge in [-0.05, 0) is 62.9 Å². The molecule has 0 aliphatic heterocycles. The number of hydrogen-bond acceptors (Lipinski definition) is 3. The summed E-state index contributed by atoms with van der Waals surface area (Å²) in [5.41, 5.74) is 5.27. The minimum absolute atomic E-state index is 0.117. The van der Waals surface area contributed by atoms with E-state index in [1.807, 2.05) is 49.1 Å². The van der Waals surface area contributed by atoms with Crippen LogP contribution >= 0.6 is 11.6 Å². The van der Waals surface area contributed by atoms with Gasteiger partial charge in [0.25, 0.3) is 0 Å². The maximum absolute atomic E-state index is 12.6. The molecule has 0 aliphatic rings. The molecule has 3 aromatic rings. The molecule has 0 saturated carbocycles. The van der Waals surface area contributed by atoms with Gasteiger partial charge in [-0.25, -0.2) is 9.67 Å². The van der Waals surface area contributed by atoms with E-state index < -0.39 is 0 Å². The number of amides is 1. The van der Waals surface area contributed by atoms with Gasteiger partial charge in [0.2, 0.25) is 5.91 Å². The van der Waals surface area contributed by atoms with Crippen LogP contribution in [0.3, 0.4) is 0 Å². The van der Waals surface area contributed by atoms with E-state index in [9.17, 15) is 4.79 Å². The highest BCUT2D eigenvalue weighted by Gasteiger charge is 2.17. The fourth-order valence-corrected chi connectivity index (χ4v) is 3.64. The topological polar surface area (TPSA) is 51.0 Å². The van der Waals surface area contributed by atoms with Gasteiger partial charge in [0.1, 0.15) is 0 Å². The van der Waals surface area contributed by atoms with Crippen molar-refractivity contribution in [2.45, 2.75) is 53.1 Å². The fraction of sp³-hybridized carbons (Fsp3) is 0.409. The molecule has 2 aromatic heterocycles. The summed E-state index contributed by atoms with van der Waals surface area (Å²) in [5, 5.41) is 6.25. The van der Waals surface area contributed by atoms with Crippen LogP contribution in [-0.2, 0) is 17.8 Å². The molecule has 0 fully saturated rings. The van der Waals surface area contributed by atoms with Crippen molar-refractivity contribution in [3.05, 3.63) is 57.9 Å². The van der Waals surface area contributed by atoms with Crippen LogP contribution in [0.25, 0.3) is 11.0 Å². The molecule has 3 rings (SSSR count). The standard InChI is InChI=1S/C22H27ClN4O/c1-14(2)27-22-20(12-24-27)15(3)19(16(4)25-22)10-11-21(28)26(5)13-17-6-8-18(23)9-7-17/h6-9,12,14H,10-11,13H2,1-5H3. The first kappa shape index (κ1) is 20.3. The Morgan fingerprint density at radius 1 is 1.21 bits per heavy atom. The van der Waals surface area contributed by atoms with Gasteiger partial charge in [0, 0.05) is 42.2 Å².